The Kier molecular flexibility index (Phi) is 1.11. The van der Waals surface area contributed by atoms with Crippen LogP contribution in [0.3, 0.4) is 0 Å². The van der Waals surface area contributed by atoms with Crippen molar-refractivity contribution in [1.29, 1.82) is 0 Å². The number of nitrogens with zero attached hydrogens (tertiary/aromatic N) is 1. The summed E-state index contributed by atoms with van der Waals surface area (Å²) in [6.45, 7) is 2.52. The minimum Gasteiger partial charge on any atom is -0.391 e. The Morgan fingerprint density at radius 3 is 3.00 bits per heavy atom. The van der Waals surface area contributed by atoms with Crippen molar-refractivity contribution in [3.63, 3.8) is 0 Å². The van der Waals surface area contributed by atoms with Gasteiger partial charge in [0.05, 0.1) is 5.71 Å². The van der Waals surface area contributed by atoms with Crippen LogP contribution >= 0.6 is 0 Å². The van der Waals surface area contributed by atoms with E-state index < -0.39 is 0 Å². The molecule has 1 aliphatic rings. The van der Waals surface area contributed by atoms with Crippen LogP contribution in [0.2, 0.25) is 0 Å². The molecule has 1 rings (SSSR count). The fraction of sp³-hybridized carbons (Fsp3) is 0.400. The molecule has 0 fully saturated rings. The minimum atomic E-state index is 0.622. The normalized spacial score (nSPS) is 18.1. The summed E-state index contributed by atoms with van der Waals surface area (Å²) >= 11 is 0. The molecule has 0 aliphatic carbocycles. The van der Waals surface area contributed by atoms with Gasteiger partial charge in [-0.1, -0.05) is 5.16 Å². The zero-order chi connectivity index (χ0) is 5.11. The average Bonchev–Trinajstić information content (AvgIpc) is 1.69. The molecule has 0 aromatic heterocycles. The highest BCUT2D eigenvalue weighted by molar-refractivity contribution is 5.92. The third-order valence-electron chi connectivity index (χ3n) is 0.738. The van der Waals surface area contributed by atoms with E-state index in [4.69, 9.17) is 0 Å². The van der Waals surface area contributed by atoms with Crippen LogP contribution in [0, 0.1) is 0 Å². The van der Waals surface area contributed by atoms with E-state index in [0.717, 1.165) is 5.71 Å². The Hall–Kier alpha value is -0.790. The molecule has 2 heteroatoms. The van der Waals surface area contributed by atoms with E-state index in [1.807, 2.05) is 19.1 Å². The molecule has 0 bridgehead atoms. The van der Waals surface area contributed by atoms with Gasteiger partial charge in [-0.05, 0) is 19.1 Å². The van der Waals surface area contributed by atoms with Gasteiger partial charge < -0.3 is 4.84 Å². The molecule has 38 valence electrons. The quantitative estimate of drug-likeness (QED) is 0.441. The summed E-state index contributed by atoms with van der Waals surface area (Å²) in [4.78, 5) is 4.68. The second-order valence-corrected chi connectivity index (χ2v) is 1.43. The van der Waals surface area contributed by atoms with Crippen molar-refractivity contribution >= 4 is 5.71 Å². The molecule has 1 aliphatic heterocycles. The summed E-state index contributed by atoms with van der Waals surface area (Å²) in [5.74, 6) is 0. The lowest BCUT2D eigenvalue weighted by Crippen LogP contribution is -1.95. The molecule has 0 amide bonds. The van der Waals surface area contributed by atoms with Gasteiger partial charge in [0.2, 0.25) is 0 Å². The van der Waals surface area contributed by atoms with E-state index in [9.17, 15) is 0 Å². The van der Waals surface area contributed by atoms with Gasteiger partial charge in [-0.15, -0.1) is 0 Å². The lowest BCUT2D eigenvalue weighted by molar-refractivity contribution is 0.171. The van der Waals surface area contributed by atoms with E-state index in [1.54, 1.807) is 0 Å². The van der Waals surface area contributed by atoms with Crippen molar-refractivity contribution in [3.8, 4) is 0 Å². The predicted molar refractivity (Wildman–Crippen MR) is 28.2 cm³/mol. The van der Waals surface area contributed by atoms with Gasteiger partial charge in [-0.2, -0.15) is 0 Å². The van der Waals surface area contributed by atoms with E-state index in [1.165, 1.54) is 0 Å². The van der Waals surface area contributed by atoms with Crippen molar-refractivity contribution in [2.45, 2.75) is 6.92 Å². The van der Waals surface area contributed by atoms with Crippen LogP contribution in [0.1, 0.15) is 6.92 Å². The summed E-state index contributed by atoms with van der Waals surface area (Å²) in [6, 6.07) is 0. The highest BCUT2D eigenvalue weighted by Gasteiger charge is 1.87. The molecule has 0 unspecified atom stereocenters. The van der Waals surface area contributed by atoms with Gasteiger partial charge in [-0.25, -0.2) is 0 Å². The van der Waals surface area contributed by atoms with Crippen LogP contribution in [0.4, 0.5) is 0 Å². The topological polar surface area (TPSA) is 21.6 Å². The van der Waals surface area contributed by atoms with Crippen molar-refractivity contribution < 1.29 is 4.84 Å². The van der Waals surface area contributed by atoms with Crippen molar-refractivity contribution in [2.24, 2.45) is 5.16 Å². The molecule has 0 aromatic rings. The van der Waals surface area contributed by atoms with Crippen LogP contribution in [-0.4, -0.2) is 12.3 Å². The SMILES string of the molecule is CC1=NOCC=C1. The zero-order valence-corrected chi connectivity index (χ0v) is 4.22. The van der Waals surface area contributed by atoms with E-state index in [-0.39, 0.29) is 0 Å². The van der Waals surface area contributed by atoms with Gasteiger partial charge in [0.15, 0.2) is 0 Å². The smallest absolute Gasteiger partial charge is 0.135 e. The molecule has 0 atom stereocenters. The number of allylic oxidation sites excluding steroid dienone is 1. The van der Waals surface area contributed by atoms with E-state index in [0.29, 0.717) is 6.61 Å². The zero-order valence-electron chi connectivity index (χ0n) is 4.22. The molecule has 0 N–H and O–H groups in total. The minimum absolute atomic E-state index is 0.622. The Morgan fingerprint density at radius 1 is 1.86 bits per heavy atom. The summed E-state index contributed by atoms with van der Waals surface area (Å²) < 4.78 is 0. The third kappa shape index (κ3) is 1.03. The van der Waals surface area contributed by atoms with E-state index in [2.05, 4.69) is 9.99 Å². The van der Waals surface area contributed by atoms with Crippen LogP contribution in [-0.2, 0) is 4.84 Å². The second-order valence-electron chi connectivity index (χ2n) is 1.43. The van der Waals surface area contributed by atoms with Crippen molar-refractivity contribution in [1.82, 2.24) is 0 Å². The highest BCUT2D eigenvalue weighted by atomic mass is 16.6. The molecule has 0 aromatic carbocycles. The molecule has 2 nitrogen and oxygen atoms in total. The van der Waals surface area contributed by atoms with Gasteiger partial charge in [0.1, 0.15) is 6.61 Å². The van der Waals surface area contributed by atoms with Crippen LogP contribution < -0.4 is 0 Å². The maximum atomic E-state index is 4.68. The molecule has 7 heavy (non-hydrogen) atoms. The van der Waals surface area contributed by atoms with Gasteiger partial charge in [0.25, 0.3) is 0 Å². The summed E-state index contributed by atoms with van der Waals surface area (Å²) in [7, 11) is 0. The maximum absolute atomic E-state index is 4.68. The molecule has 0 spiro atoms. The molecule has 0 saturated carbocycles. The predicted octanol–water partition coefficient (Wildman–Crippen LogP) is 0.949. The number of hydrogen-bond acceptors (Lipinski definition) is 2. The van der Waals surface area contributed by atoms with Crippen LogP contribution in [0.5, 0.6) is 0 Å². The second kappa shape index (κ2) is 1.78. The van der Waals surface area contributed by atoms with E-state index >= 15 is 0 Å². The summed E-state index contributed by atoms with van der Waals surface area (Å²) in [5, 5.41) is 3.66. The van der Waals surface area contributed by atoms with Gasteiger partial charge in [-0.3, -0.25) is 0 Å². The number of oxime groups is 1. The fourth-order valence-electron chi connectivity index (χ4n) is 0.431. The highest BCUT2D eigenvalue weighted by Crippen LogP contribution is 1.90. The maximum Gasteiger partial charge on any atom is 0.135 e. The first-order valence-electron chi connectivity index (χ1n) is 2.23. The standard InChI is InChI=1S/C5H7NO/c1-5-3-2-4-7-6-5/h2-3H,4H2,1H3. The van der Waals surface area contributed by atoms with Crippen molar-refractivity contribution in [2.75, 3.05) is 6.61 Å². The Labute approximate surface area is 42.5 Å². The monoisotopic (exact) mass is 97.1 g/mol. The Balaban J connectivity index is 2.58. The van der Waals surface area contributed by atoms with Crippen molar-refractivity contribution in [3.05, 3.63) is 12.2 Å². The van der Waals surface area contributed by atoms with Gasteiger partial charge >= 0.3 is 0 Å². The third-order valence-corrected chi connectivity index (χ3v) is 0.738. The lowest BCUT2D eigenvalue weighted by Gasteiger charge is -1.98. The van der Waals surface area contributed by atoms with Crippen LogP contribution in [0.25, 0.3) is 0 Å². The number of hydrogen-bond donors (Lipinski definition) is 0. The Morgan fingerprint density at radius 2 is 2.71 bits per heavy atom. The summed E-state index contributed by atoms with van der Waals surface area (Å²) in [5.41, 5.74) is 0.936. The number of rotatable bonds is 0. The first kappa shape index (κ1) is 4.37. The molecule has 1 heterocycles. The molecular weight excluding hydrogens is 90.1 g/mol. The first-order chi connectivity index (χ1) is 3.39. The largest absolute Gasteiger partial charge is 0.391 e. The van der Waals surface area contributed by atoms with Gasteiger partial charge in [0, 0.05) is 0 Å². The lowest BCUT2D eigenvalue weighted by atomic mass is 10.4. The first-order valence-corrected chi connectivity index (χ1v) is 2.23. The Bertz CT molecular complexity index is 115. The molecule has 0 radical (unpaired) electrons. The average molecular weight is 97.1 g/mol. The summed E-state index contributed by atoms with van der Waals surface area (Å²) in [6.07, 6.45) is 3.87. The molecular formula is C5H7NO. The van der Waals surface area contributed by atoms with Crippen LogP contribution in [0.15, 0.2) is 17.3 Å². The fourth-order valence-corrected chi connectivity index (χ4v) is 0.431. The molecule has 0 saturated heterocycles.